The van der Waals surface area contributed by atoms with Crippen LogP contribution in [0.2, 0.25) is 0 Å². The number of carbonyl (C=O) groups is 1. The lowest BCUT2D eigenvalue weighted by Crippen LogP contribution is -2.30. The molecule has 29 heavy (non-hydrogen) atoms. The number of hydrogen-bond acceptors (Lipinski definition) is 3. The second kappa shape index (κ2) is 8.25. The van der Waals surface area contributed by atoms with Gasteiger partial charge in [-0.3, -0.25) is 9.52 Å². The third-order valence-corrected chi connectivity index (χ3v) is 6.29. The van der Waals surface area contributed by atoms with Crippen LogP contribution in [0.5, 0.6) is 0 Å². The van der Waals surface area contributed by atoms with Crippen molar-refractivity contribution in [1.82, 2.24) is 0 Å². The molecule has 5 nitrogen and oxygen atoms in total. The Bertz CT molecular complexity index is 1120. The molecule has 3 rings (SSSR count). The highest BCUT2D eigenvalue weighted by atomic mass is 32.2. The molecule has 0 radical (unpaired) electrons. The SMILES string of the molecule is CCCC(C)(C)C(=O)Nc1ccc(NS(=O)(=O)c2ccc3ccccc3c2)cc1. The smallest absolute Gasteiger partial charge is 0.261 e. The summed E-state index contributed by atoms with van der Waals surface area (Å²) < 4.78 is 28.1. The molecule has 0 atom stereocenters. The summed E-state index contributed by atoms with van der Waals surface area (Å²) in [6.45, 7) is 5.88. The molecule has 0 aromatic heterocycles. The van der Waals surface area contributed by atoms with Crippen LogP contribution in [0.15, 0.2) is 71.6 Å². The van der Waals surface area contributed by atoms with Gasteiger partial charge in [-0.05, 0) is 53.6 Å². The first-order chi connectivity index (χ1) is 13.7. The van der Waals surface area contributed by atoms with E-state index in [1.807, 2.05) is 45.0 Å². The quantitative estimate of drug-likeness (QED) is 0.547. The average Bonchev–Trinajstić information content (AvgIpc) is 2.69. The summed E-state index contributed by atoms with van der Waals surface area (Å²) in [6, 6.07) is 19.3. The molecule has 0 unspecified atom stereocenters. The van der Waals surface area contributed by atoms with Gasteiger partial charge in [0, 0.05) is 16.8 Å². The Kier molecular flexibility index (Phi) is 5.94. The molecule has 0 aliphatic heterocycles. The van der Waals surface area contributed by atoms with Crippen molar-refractivity contribution < 1.29 is 13.2 Å². The molecular weight excluding hydrogens is 384 g/mol. The van der Waals surface area contributed by atoms with Gasteiger partial charge in [0.15, 0.2) is 0 Å². The maximum atomic E-state index is 12.7. The van der Waals surface area contributed by atoms with E-state index >= 15 is 0 Å². The van der Waals surface area contributed by atoms with Crippen LogP contribution in [-0.2, 0) is 14.8 Å². The van der Waals surface area contributed by atoms with Crippen molar-refractivity contribution in [3.8, 4) is 0 Å². The number of hydrogen-bond donors (Lipinski definition) is 2. The van der Waals surface area contributed by atoms with E-state index < -0.39 is 15.4 Å². The van der Waals surface area contributed by atoms with Gasteiger partial charge in [0.2, 0.25) is 5.91 Å². The molecule has 1 amide bonds. The Morgan fingerprint density at radius 3 is 2.17 bits per heavy atom. The van der Waals surface area contributed by atoms with E-state index in [4.69, 9.17) is 0 Å². The highest BCUT2D eigenvalue weighted by Crippen LogP contribution is 2.26. The van der Waals surface area contributed by atoms with Crippen LogP contribution < -0.4 is 10.0 Å². The second-order valence-corrected chi connectivity index (χ2v) is 9.46. The first-order valence-corrected chi connectivity index (χ1v) is 11.1. The van der Waals surface area contributed by atoms with E-state index in [0.717, 1.165) is 23.6 Å². The number of carbonyl (C=O) groups excluding carboxylic acids is 1. The van der Waals surface area contributed by atoms with E-state index in [1.165, 1.54) is 0 Å². The Balaban J connectivity index is 1.73. The Morgan fingerprint density at radius 2 is 1.52 bits per heavy atom. The van der Waals surface area contributed by atoms with Gasteiger partial charge in [-0.25, -0.2) is 8.42 Å². The summed E-state index contributed by atoms with van der Waals surface area (Å²) in [5.41, 5.74) is 0.613. The van der Waals surface area contributed by atoms with Crippen LogP contribution in [0.4, 0.5) is 11.4 Å². The highest BCUT2D eigenvalue weighted by molar-refractivity contribution is 7.92. The predicted molar refractivity (Wildman–Crippen MR) is 119 cm³/mol. The topological polar surface area (TPSA) is 75.3 Å². The summed E-state index contributed by atoms with van der Waals surface area (Å²) in [5, 5.41) is 4.74. The average molecular weight is 411 g/mol. The lowest BCUT2D eigenvalue weighted by Gasteiger charge is -2.22. The minimum atomic E-state index is -3.71. The van der Waals surface area contributed by atoms with Crippen molar-refractivity contribution >= 4 is 38.1 Å². The van der Waals surface area contributed by atoms with Gasteiger partial charge in [0.05, 0.1) is 4.90 Å². The van der Waals surface area contributed by atoms with Gasteiger partial charge in [0.25, 0.3) is 10.0 Å². The molecule has 3 aromatic rings. The van der Waals surface area contributed by atoms with Crippen molar-refractivity contribution in [2.24, 2.45) is 5.41 Å². The molecule has 0 fully saturated rings. The van der Waals surface area contributed by atoms with E-state index in [0.29, 0.717) is 11.4 Å². The molecule has 0 aliphatic carbocycles. The van der Waals surface area contributed by atoms with Crippen molar-refractivity contribution in [2.45, 2.75) is 38.5 Å². The maximum Gasteiger partial charge on any atom is 0.261 e. The first kappa shape index (κ1) is 20.9. The van der Waals surface area contributed by atoms with Crippen LogP contribution in [0.1, 0.15) is 33.6 Å². The van der Waals surface area contributed by atoms with E-state index in [1.54, 1.807) is 42.5 Å². The Labute approximate surface area is 172 Å². The zero-order chi connectivity index (χ0) is 21.1. The number of nitrogens with one attached hydrogen (secondary N) is 2. The number of anilines is 2. The largest absolute Gasteiger partial charge is 0.326 e. The van der Waals surface area contributed by atoms with Gasteiger partial charge in [-0.15, -0.1) is 0 Å². The highest BCUT2D eigenvalue weighted by Gasteiger charge is 2.26. The molecule has 0 heterocycles. The van der Waals surface area contributed by atoms with E-state index in [9.17, 15) is 13.2 Å². The van der Waals surface area contributed by atoms with Crippen LogP contribution in [0, 0.1) is 5.41 Å². The lowest BCUT2D eigenvalue weighted by atomic mass is 9.87. The first-order valence-electron chi connectivity index (χ1n) is 9.64. The standard InChI is InChI=1S/C23H26N2O3S/c1-4-15-23(2,3)22(26)24-19-10-12-20(13-11-19)25-29(27,28)21-14-9-17-7-5-6-8-18(17)16-21/h5-14,16,25H,4,15H2,1-3H3,(H,24,26). The number of amides is 1. The normalized spacial score (nSPS) is 12.0. The van der Waals surface area contributed by atoms with Crippen molar-refractivity contribution in [3.05, 3.63) is 66.7 Å². The van der Waals surface area contributed by atoms with Crippen LogP contribution in [0.25, 0.3) is 10.8 Å². The summed E-state index contributed by atoms with van der Waals surface area (Å²) in [4.78, 5) is 12.6. The number of rotatable bonds is 7. The number of fused-ring (bicyclic) bond motifs is 1. The van der Waals surface area contributed by atoms with E-state index in [2.05, 4.69) is 10.0 Å². The molecule has 6 heteroatoms. The van der Waals surface area contributed by atoms with Gasteiger partial charge < -0.3 is 5.32 Å². The zero-order valence-corrected chi connectivity index (χ0v) is 17.7. The van der Waals surface area contributed by atoms with Gasteiger partial charge >= 0.3 is 0 Å². The molecule has 0 spiro atoms. The molecule has 0 saturated heterocycles. The third kappa shape index (κ3) is 4.95. The minimum Gasteiger partial charge on any atom is -0.326 e. The molecule has 3 aromatic carbocycles. The summed E-state index contributed by atoms with van der Waals surface area (Å²) in [5.74, 6) is -0.0520. The monoisotopic (exact) mass is 410 g/mol. The van der Waals surface area contributed by atoms with Crippen molar-refractivity contribution in [3.63, 3.8) is 0 Å². The lowest BCUT2D eigenvalue weighted by molar-refractivity contribution is -0.124. The fourth-order valence-corrected chi connectivity index (χ4v) is 4.30. The summed E-state index contributed by atoms with van der Waals surface area (Å²) in [7, 11) is -3.71. The Morgan fingerprint density at radius 1 is 0.897 bits per heavy atom. The second-order valence-electron chi connectivity index (χ2n) is 7.78. The molecule has 0 bridgehead atoms. The van der Waals surface area contributed by atoms with Crippen molar-refractivity contribution in [1.29, 1.82) is 0 Å². The zero-order valence-electron chi connectivity index (χ0n) is 16.9. The molecule has 0 saturated carbocycles. The van der Waals surface area contributed by atoms with Gasteiger partial charge in [-0.2, -0.15) is 0 Å². The number of benzene rings is 3. The molecule has 152 valence electrons. The fraction of sp³-hybridized carbons (Fsp3) is 0.261. The van der Waals surface area contributed by atoms with Gasteiger partial charge in [-0.1, -0.05) is 57.5 Å². The van der Waals surface area contributed by atoms with E-state index in [-0.39, 0.29) is 10.8 Å². The molecule has 0 aliphatic rings. The molecular formula is C23H26N2O3S. The third-order valence-electron chi connectivity index (χ3n) is 4.92. The number of sulfonamides is 1. The van der Waals surface area contributed by atoms with Crippen LogP contribution >= 0.6 is 0 Å². The van der Waals surface area contributed by atoms with Crippen LogP contribution in [0.3, 0.4) is 0 Å². The fourth-order valence-electron chi connectivity index (χ4n) is 3.21. The predicted octanol–water partition coefficient (Wildman–Crippen LogP) is 5.41. The van der Waals surface area contributed by atoms with Crippen LogP contribution in [-0.4, -0.2) is 14.3 Å². The Hall–Kier alpha value is -2.86. The summed E-state index contributed by atoms with van der Waals surface area (Å²) >= 11 is 0. The summed E-state index contributed by atoms with van der Waals surface area (Å²) in [6.07, 6.45) is 1.72. The minimum absolute atomic E-state index is 0.0520. The van der Waals surface area contributed by atoms with Gasteiger partial charge in [0.1, 0.15) is 0 Å². The van der Waals surface area contributed by atoms with Crippen molar-refractivity contribution in [2.75, 3.05) is 10.0 Å². The maximum absolute atomic E-state index is 12.7. The molecule has 2 N–H and O–H groups in total.